The normalized spacial score (nSPS) is 18.3. The summed E-state index contributed by atoms with van der Waals surface area (Å²) in [5, 5.41) is 2.97. The van der Waals surface area contributed by atoms with Crippen LogP contribution in [0.1, 0.15) is 49.9 Å². The predicted molar refractivity (Wildman–Crippen MR) is 113 cm³/mol. The van der Waals surface area contributed by atoms with E-state index in [1.807, 2.05) is 12.1 Å². The van der Waals surface area contributed by atoms with Gasteiger partial charge in [0.15, 0.2) is 6.61 Å². The Labute approximate surface area is 176 Å². The molecule has 1 aliphatic carbocycles. The number of esters is 2. The van der Waals surface area contributed by atoms with Crippen LogP contribution < -0.4 is 10.1 Å². The van der Waals surface area contributed by atoms with E-state index in [1.165, 1.54) is 13.3 Å². The summed E-state index contributed by atoms with van der Waals surface area (Å²) in [7, 11) is 0. The molecule has 1 saturated carbocycles. The standard InChI is InChI=1S/C24H27NO5/c1-16-5-3-4-6-22(16)25-23(27)15-29-24(28)20-9-7-18(8-10-20)19-11-13-21(14-12-19)30-17(2)26/h7-14,16,22H,3-6,15H2,1-2H3,(H,25,27)/t16-,22-/m1/s1. The summed E-state index contributed by atoms with van der Waals surface area (Å²) in [4.78, 5) is 35.3. The van der Waals surface area contributed by atoms with E-state index in [1.54, 1.807) is 36.4 Å². The molecule has 3 rings (SSSR count). The van der Waals surface area contributed by atoms with Crippen molar-refractivity contribution in [1.29, 1.82) is 0 Å². The molecule has 1 N–H and O–H groups in total. The Morgan fingerprint density at radius 2 is 1.53 bits per heavy atom. The number of carbonyl (C=O) groups is 3. The van der Waals surface area contributed by atoms with Crippen LogP contribution in [-0.2, 0) is 14.3 Å². The highest BCUT2D eigenvalue weighted by Gasteiger charge is 2.23. The summed E-state index contributed by atoms with van der Waals surface area (Å²) >= 11 is 0. The molecule has 6 nitrogen and oxygen atoms in total. The molecule has 0 spiro atoms. The average Bonchev–Trinajstić information content (AvgIpc) is 2.74. The Balaban J connectivity index is 1.52. The highest BCUT2D eigenvalue weighted by Crippen LogP contribution is 2.24. The highest BCUT2D eigenvalue weighted by atomic mass is 16.5. The number of hydrogen-bond donors (Lipinski definition) is 1. The van der Waals surface area contributed by atoms with Gasteiger partial charge in [0.25, 0.3) is 5.91 Å². The molecule has 0 aromatic heterocycles. The van der Waals surface area contributed by atoms with Gasteiger partial charge in [0.05, 0.1) is 5.56 Å². The van der Waals surface area contributed by atoms with Crippen LogP contribution in [-0.4, -0.2) is 30.5 Å². The third kappa shape index (κ3) is 5.92. The predicted octanol–water partition coefficient (Wildman–Crippen LogP) is 4.13. The van der Waals surface area contributed by atoms with E-state index in [2.05, 4.69) is 12.2 Å². The molecule has 158 valence electrons. The second kappa shape index (κ2) is 10.1. The zero-order chi connectivity index (χ0) is 21.5. The molecule has 1 fully saturated rings. The lowest BCUT2D eigenvalue weighted by atomic mass is 9.86. The van der Waals surface area contributed by atoms with E-state index in [4.69, 9.17) is 9.47 Å². The van der Waals surface area contributed by atoms with Crippen molar-refractivity contribution in [3.63, 3.8) is 0 Å². The van der Waals surface area contributed by atoms with E-state index < -0.39 is 5.97 Å². The van der Waals surface area contributed by atoms with Crippen LogP contribution in [0, 0.1) is 5.92 Å². The third-order valence-corrected chi connectivity index (χ3v) is 5.36. The number of nitrogens with one attached hydrogen (secondary N) is 1. The molecule has 1 aliphatic rings. The first kappa shape index (κ1) is 21.6. The van der Waals surface area contributed by atoms with Gasteiger partial charge in [-0.25, -0.2) is 4.79 Å². The lowest BCUT2D eigenvalue weighted by Gasteiger charge is -2.29. The molecular weight excluding hydrogens is 382 g/mol. The molecule has 1 amide bonds. The van der Waals surface area contributed by atoms with Crippen LogP contribution in [0.3, 0.4) is 0 Å². The maximum absolute atomic E-state index is 12.3. The van der Waals surface area contributed by atoms with Gasteiger partial charge in [-0.2, -0.15) is 0 Å². The van der Waals surface area contributed by atoms with Gasteiger partial charge >= 0.3 is 11.9 Å². The van der Waals surface area contributed by atoms with Crippen molar-refractivity contribution in [3.8, 4) is 16.9 Å². The molecule has 0 radical (unpaired) electrons. The van der Waals surface area contributed by atoms with Crippen LogP contribution in [0.2, 0.25) is 0 Å². The Kier molecular flexibility index (Phi) is 7.22. The van der Waals surface area contributed by atoms with E-state index >= 15 is 0 Å². The van der Waals surface area contributed by atoms with Crippen LogP contribution in [0.15, 0.2) is 48.5 Å². The average molecular weight is 409 g/mol. The van der Waals surface area contributed by atoms with E-state index in [-0.39, 0.29) is 24.5 Å². The van der Waals surface area contributed by atoms with Gasteiger partial charge in [0, 0.05) is 13.0 Å². The summed E-state index contributed by atoms with van der Waals surface area (Å²) in [6, 6.07) is 14.2. The Hall–Kier alpha value is -3.15. The molecule has 0 bridgehead atoms. The summed E-state index contributed by atoms with van der Waals surface area (Å²) in [5.74, 6) is -0.223. The Morgan fingerprint density at radius 1 is 0.933 bits per heavy atom. The Bertz CT molecular complexity index is 889. The van der Waals surface area contributed by atoms with E-state index in [0.717, 1.165) is 30.4 Å². The fraction of sp³-hybridized carbons (Fsp3) is 0.375. The van der Waals surface area contributed by atoms with Crippen molar-refractivity contribution >= 4 is 17.8 Å². The molecule has 2 atom stereocenters. The number of hydrogen-bond acceptors (Lipinski definition) is 5. The second-order valence-corrected chi connectivity index (χ2v) is 7.71. The van der Waals surface area contributed by atoms with Crippen LogP contribution in [0.5, 0.6) is 5.75 Å². The molecule has 0 saturated heterocycles. The lowest BCUT2D eigenvalue weighted by Crippen LogP contribution is -2.42. The van der Waals surface area contributed by atoms with Gasteiger partial charge in [-0.1, -0.05) is 44.0 Å². The maximum atomic E-state index is 12.3. The monoisotopic (exact) mass is 409 g/mol. The smallest absolute Gasteiger partial charge is 0.338 e. The van der Waals surface area contributed by atoms with E-state index in [9.17, 15) is 14.4 Å². The molecule has 6 heteroatoms. The van der Waals surface area contributed by atoms with Gasteiger partial charge in [0.2, 0.25) is 0 Å². The number of carbonyl (C=O) groups excluding carboxylic acids is 3. The first-order valence-corrected chi connectivity index (χ1v) is 10.3. The summed E-state index contributed by atoms with van der Waals surface area (Å²) < 4.78 is 10.2. The zero-order valence-corrected chi connectivity index (χ0v) is 17.4. The molecule has 0 unspecified atom stereocenters. The SMILES string of the molecule is CC(=O)Oc1ccc(-c2ccc(C(=O)OCC(=O)N[C@@H]3CCCC[C@H]3C)cc2)cc1. The van der Waals surface area contributed by atoms with Crippen LogP contribution in [0.4, 0.5) is 0 Å². The molecule has 0 aliphatic heterocycles. The van der Waals surface area contributed by atoms with Crippen molar-refractivity contribution in [2.24, 2.45) is 5.92 Å². The van der Waals surface area contributed by atoms with Crippen molar-refractivity contribution in [3.05, 3.63) is 54.1 Å². The summed E-state index contributed by atoms with van der Waals surface area (Å²) in [6.07, 6.45) is 4.41. The van der Waals surface area contributed by atoms with Crippen molar-refractivity contribution in [1.82, 2.24) is 5.32 Å². The lowest BCUT2D eigenvalue weighted by molar-refractivity contribution is -0.132. The van der Waals surface area contributed by atoms with Crippen LogP contribution >= 0.6 is 0 Å². The van der Waals surface area contributed by atoms with Crippen LogP contribution in [0.25, 0.3) is 11.1 Å². The molecular formula is C24H27NO5. The third-order valence-electron chi connectivity index (χ3n) is 5.36. The minimum absolute atomic E-state index is 0.163. The molecule has 2 aromatic carbocycles. The van der Waals surface area contributed by atoms with Gasteiger partial charge < -0.3 is 14.8 Å². The number of benzene rings is 2. The largest absolute Gasteiger partial charge is 0.452 e. The minimum atomic E-state index is -0.529. The maximum Gasteiger partial charge on any atom is 0.338 e. The first-order valence-electron chi connectivity index (χ1n) is 10.3. The fourth-order valence-corrected chi connectivity index (χ4v) is 3.67. The number of ether oxygens (including phenoxy) is 2. The van der Waals surface area contributed by atoms with Gasteiger partial charge in [-0.05, 0) is 54.2 Å². The Morgan fingerprint density at radius 3 is 2.13 bits per heavy atom. The molecule has 30 heavy (non-hydrogen) atoms. The summed E-state index contributed by atoms with van der Waals surface area (Å²) in [5.41, 5.74) is 2.21. The van der Waals surface area contributed by atoms with Gasteiger partial charge in [-0.15, -0.1) is 0 Å². The van der Waals surface area contributed by atoms with Gasteiger partial charge in [-0.3, -0.25) is 9.59 Å². The molecule has 2 aromatic rings. The first-order chi connectivity index (χ1) is 14.4. The zero-order valence-electron chi connectivity index (χ0n) is 17.4. The fourth-order valence-electron chi connectivity index (χ4n) is 3.67. The number of amides is 1. The van der Waals surface area contributed by atoms with E-state index in [0.29, 0.717) is 17.2 Å². The van der Waals surface area contributed by atoms with Gasteiger partial charge in [0.1, 0.15) is 5.75 Å². The second-order valence-electron chi connectivity index (χ2n) is 7.71. The molecule has 0 heterocycles. The minimum Gasteiger partial charge on any atom is -0.452 e. The topological polar surface area (TPSA) is 81.7 Å². The number of rotatable bonds is 6. The van der Waals surface area contributed by atoms with Crippen molar-refractivity contribution < 1.29 is 23.9 Å². The highest BCUT2D eigenvalue weighted by molar-refractivity contribution is 5.92. The quantitative estimate of drug-likeness (QED) is 0.573. The van der Waals surface area contributed by atoms with Crippen molar-refractivity contribution in [2.45, 2.75) is 45.6 Å². The van der Waals surface area contributed by atoms with Crippen molar-refractivity contribution in [2.75, 3.05) is 6.61 Å². The summed E-state index contributed by atoms with van der Waals surface area (Å²) in [6.45, 7) is 3.22.